The second-order valence-electron chi connectivity index (χ2n) is 10.0. The van der Waals surface area contributed by atoms with Crippen molar-refractivity contribution in [1.29, 1.82) is 5.26 Å². The number of nitrogens with one attached hydrogen (secondary N) is 1. The summed E-state index contributed by atoms with van der Waals surface area (Å²) in [6.07, 6.45) is 2.16. The summed E-state index contributed by atoms with van der Waals surface area (Å²) in [5.41, 5.74) is 0.255. The van der Waals surface area contributed by atoms with E-state index in [0.29, 0.717) is 28.9 Å². The number of halogens is 2. The van der Waals surface area contributed by atoms with Gasteiger partial charge in [-0.15, -0.1) is 0 Å². The first-order chi connectivity index (χ1) is 17.0. The number of nitriles is 1. The number of benzene rings is 1. The standard InChI is InChI=1S/C26H31ClFN5O3/c1-6-15-9-19(21(34)12-36-15)31-25-30-11-17(27)23(32-25)14-7-18(28)22-16(10-29)24(26(4,5)35)33(13(2)3)20(22)8-14/h7-8,11,13,15,19,21,34-35H,6,9,12H2,1-5H3,(H,30,31,32)/t15-,19-,21-/m0/s1. The molecule has 1 saturated heterocycles. The Bertz CT molecular complexity index is 1330. The summed E-state index contributed by atoms with van der Waals surface area (Å²) in [4.78, 5) is 8.80. The molecule has 0 amide bonds. The zero-order valence-electron chi connectivity index (χ0n) is 21.0. The number of ether oxygens (including phenoxy) is 1. The van der Waals surface area contributed by atoms with Crippen LogP contribution in [0.5, 0.6) is 0 Å². The third-order valence-corrected chi connectivity index (χ3v) is 6.81. The van der Waals surface area contributed by atoms with Gasteiger partial charge in [0.1, 0.15) is 17.5 Å². The van der Waals surface area contributed by atoms with E-state index in [-0.39, 0.29) is 46.7 Å². The molecule has 3 aromatic rings. The van der Waals surface area contributed by atoms with Crippen LogP contribution >= 0.6 is 11.6 Å². The van der Waals surface area contributed by atoms with Crippen molar-refractivity contribution < 1.29 is 19.3 Å². The lowest BCUT2D eigenvalue weighted by atomic mass is 9.99. The molecule has 0 saturated carbocycles. The predicted octanol–water partition coefficient (Wildman–Crippen LogP) is 4.91. The Morgan fingerprint density at radius 2 is 2.11 bits per heavy atom. The Morgan fingerprint density at radius 1 is 1.39 bits per heavy atom. The molecule has 1 aliphatic rings. The topological polar surface area (TPSA) is 116 Å². The van der Waals surface area contributed by atoms with Gasteiger partial charge < -0.3 is 24.8 Å². The zero-order valence-corrected chi connectivity index (χ0v) is 21.8. The van der Waals surface area contributed by atoms with Gasteiger partial charge in [-0.25, -0.2) is 14.4 Å². The minimum absolute atomic E-state index is 0.0253. The number of fused-ring (bicyclic) bond motifs is 1. The number of aliphatic hydroxyl groups excluding tert-OH is 1. The average molecular weight is 516 g/mol. The smallest absolute Gasteiger partial charge is 0.223 e. The third kappa shape index (κ3) is 4.78. The molecule has 1 aromatic carbocycles. The van der Waals surface area contributed by atoms with E-state index in [1.807, 2.05) is 20.8 Å². The highest BCUT2D eigenvalue weighted by Gasteiger charge is 2.32. The van der Waals surface area contributed by atoms with E-state index in [9.17, 15) is 15.5 Å². The first kappa shape index (κ1) is 26.3. The van der Waals surface area contributed by atoms with Crippen molar-refractivity contribution in [2.24, 2.45) is 0 Å². The summed E-state index contributed by atoms with van der Waals surface area (Å²) >= 11 is 6.45. The van der Waals surface area contributed by atoms with E-state index < -0.39 is 17.5 Å². The van der Waals surface area contributed by atoms with Crippen molar-refractivity contribution in [2.45, 2.75) is 77.4 Å². The maximum Gasteiger partial charge on any atom is 0.223 e. The maximum atomic E-state index is 15.6. The van der Waals surface area contributed by atoms with Crippen molar-refractivity contribution in [3.8, 4) is 17.3 Å². The molecule has 0 bridgehead atoms. The van der Waals surface area contributed by atoms with Gasteiger partial charge in [0.05, 0.1) is 63.9 Å². The van der Waals surface area contributed by atoms with Crippen molar-refractivity contribution in [3.63, 3.8) is 0 Å². The van der Waals surface area contributed by atoms with E-state index in [1.54, 1.807) is 24.5 Å². The highest BCUT2D eigenvalue weighted by atomic mass is 35.5. The van der Waals surface area contributed by atoms with Crippen molar-refractivity contribution in [1.82, 2.24) is 14.5 Å². The van der Waals surface area contributed by atoms with Crippen LogP contribution in [0.25, 0.3) is 22.2 Å². The average Bonchev–Trinajstić information content (AvgIpc) is 3.17. The number of nitrogens with zero attached hydrogens (tertiary/aromatic N) is 4. The summed E-state index contributed by atoms with van der Waals surface area (Å²) in [7, 11) is 0. The second kappa shape index (κ2) is 9.94. The van der Waals surface area contributed by atoms with Gasteiger partial charge in [0.15, 0.2) is 0 Å². The Morgan fingerprint density at radius 3 is 2.72 bits per heavy atom. The Balaban J connectivity index is 1.83. The molecule has 4 rings (SSSR count). The van der Waals surface area contributed by atoms with Gasteiger partial charge in [0.2, 0.25) is 5.95 Å². The fourth-order valence-corrected chi connectivity index (χ4v) is 5.08. The highest BCUT2D eigenvalue weighted by Crippen LogP contribution is 2.39. The van der Waals surface area contributed by atoms with Crippen LogP contribution in [0.4, 0.5) is 10.3 Å². The minimum atomic E-state index is -1.37. The van der Waals surface area contributed by atoms with E-state index >= 15 is 4.39 Å². The number of hydrogen-bond acceptors (Lipinski definition) is 7. The van der Waals surface area contributed by atoms with Gasteiger partial charge in [0.25, 0.3) is 0 Å². The van der Waals surface area contributed by atoms with Crippen LogP contribution in [-0.4, -0.2) is 49.6 Å². The lowest BCUT2D eigenvalue weighted by molar-refractivity contribution is -0.0628. The molecule has 1 aliphatic heterocycles. The summed E-state index contributed by atoms with van der Waals surface area (Å²) in [6, 6.07) is 4.63. The van der Waals surface area contributed by atoms with E-state index in [2.05, 4.69) is 21.4 Å². The van der Waals surface area contributed by atoms with Crippen molar-refractivity contribution >= 4 is 28.5 Å². The van der Waals surface area contributed by atoms with Gasteiger partial charge in [0, 0.05) is 11.6 Å². The molecule has 3 N–H and O–H groups in total. The minimum Gasteiger partial charge on any atom is -0.389 e. The molecule has 36 heavy (non-hydrogen) atoms. The van der Waals surface area contributed by atoms with Crippen LogP contribution in [0.2, 0.25) is 5.02 Å². The molecule has 1 fully saturated rings. The predicted molar refractivity (Wildman–Crippen MR) is 136 cm³/mol. The summed E-state index contributed by atoms with van der Waals surface area (Å²) in [5, 5.41) is 34.6. The molecular formula is C26H31ClFN5O3. The summed E-state index contributed by atoms with van der Waals surface area (Å²) < 4.78 is 23.0. The number of hydrogen-bond donors (Lipinski definition) is 3. The third-order valence-electron chi connectivity index (χ3n) is 6.54. The molecule has 10 heteroatoms. The van der Waals surface area contributed by atoms with Crippen LogP contribution in [0.3, 0.4) is 0 Å². The molecule has 0 unspecified atom stereocenters. The number of aromatic nitrogens is 3. The fourth-order valence-electron chi connectivity index (χ4n) is 4.88. The molecular weight excluding hydrogens is 485 g/mol. The van der Waals surface area contributed by atoms with E-state index in [1.165, 1.54) is 12.3 Å². The van der Waals surface area contributed by atoms with Gasteiger partial charge in [-0.2, -0.15) is 5.26 Å². The quantitative estimate of drug-likeness (QED) is 0.427. The number of rotatable bonds is 6. The van der Waals surface area contributed by atoms with Crippen LogP contribution in [0.15, 0.2) is 18.3 Å². The molecule has 2 aromatic heterocycles. The Hall–Kier alpha value is -2.77. The normalized spacial score (nSPS) is 20.6. The Labute approximate surface area is 214 Å². The van der Waals surface area contributed by atoms with Crippen LogP contribution in [0, 0.1) is 17.1 Å². The first-order valence-corrected chi connectivity index (χ1v) is 12.4. The van der Waals surface area contributed by atoms with Crippen molar-refractivity contribution in [2.75, 3.05) is 11.9 Å². The molecule has 3 atom stereocenters. The summed E-state index contributed by atoms with van der Waals surface area (Å²) in [6.45, 7) is 9.20. The number of anilines is 1. The van der Waals surface area contributed by atoms with Gasteiger partial charge >= 0.3 is 0 Å². The highest BCUT2D eigenvalue weighted by molar-refractivity contribution is 6.33. The lowest BCUT2D eigenvalue weighted by Gasteiger charge is -2.33. The molecule has 0 spiro atoms. The van der Waals surface area contributed by atoms with E-state index in [0.717, 1.165) is 6.42 Å². The maximum absolute atomic E-state index is 15.6. The summed E-state index contributed by atoms with van der Waals surface area (Å²) in [5.74, 6) is -0.358. The first-order valence-electron chi connectivity index (χ1n) is 12.1. The fraction of sp³-hybridized carbons (Fsp3) is 0.500. The molecule has 8 nitrogen and oxygen atoms in total. The van der Waals surface area contributed by atoms with Crippen LogP contribution < -0.4 is 5.32 Å². The second-order valence-corrected chi connectivity index (χ2v) is 10.4. The van der Waals surface area contributed by atoms with Crippen molar-refractivity contribution in [3.05, 3.63) is 40.4 Å². The monoisotopic (exact) mass is 515 g/mol. The zero-order chi connectivity index (χ0) is 26.4. The largest absolute Gasteiger partial charge is 0.389 e. The lowest BCUT2D eigenvalue weighted by Crippen LogP contribution is -2.45. The van der Waals surface area contributed by atoms with Crippen LogP contribution in [-0.2, 0) is 10.3 Å². The molecule has 0 aliphatic carbocycles. The van der Waals surface area contributed by atoms with Gasteiger partial charge in [-0.05, 0) is 52.7 Å². The van der Waals surface area contributed by atoms with Crippen LogP contribution in [0.1, 0.15) is 64.8 Å². The SMILES string of the molecule is CC[C@H]1C[C@H](Nc2ncc(Cl)c(-c3cc(F)c4c(C#N)c(C(C)(C)O)n(C(C)C)c4c3)n2)[C@@H](O)CO1. The molecule has 0 radical (unpaired) electrons. The molecule has 192 valence electrons. The van der Waals surface area contributed by atoms with Gasteiger partial charge in [-0.1, -0.05) is 18.5 Å². The van der Waals surface area contributed by atoms with Gasteiger partial charge in [-0.3, -0.25) is 0 Å². The van der Waals surface area contributed by atoms with E-state index in [4.69, 9.17) is 16.3 Å². The molecule has 3 heterocycles. The Kier molecular flexibility index (Phi) is 7.26. The number of aliphatic hydroxyl groups is 2.